The molecule has 0 unspecified atom stereocenters. The lowest BCUT2D eigenvalue weighted by atomic mass is 10.2. The van der Waals surface area contributed by atoms with E-state index in [2.05, 4.69) is 32.2 Å². The van der Waals surface area contributed by atoms with Crippen molar-refractivity contribution in [1.82, 2.24) is 24.8 Å². The number of ether oxygens (including phenoxy) is 4. The van der Waals surface area contributed by atoms with Crippen molar-refractivity contribution in [3.63, 3.8) is 0 Å². The second-order valence-electron chi connectivity index (χ2n) is 9.97. The summed E-state index contributed by atoms with van der Waals surface area (Å²) in [6.07, 6.45) is 5.01. The molecule has 11 nitrogen and oxygen atoms in total. The molecule has 0 spiro atoms. The minimum Gasteiger partial charge on any atom is -0.497 e. The molecule has 1 amide bonds. The highest BCUT2D eigenvalue weighted by Gasteiger charge is 2.17. The molecule has 2 bridgehead atoms. The second kappa shape index (κ2) is 13.2. The van der Waals surface area contributed by atoms with Gasteiger partial charge in [-0.25, -0.2) is 9.97 Å². The summed E-state index contributed by atoms with van der Waals surface area (Å²) in [5, 5.41) is 4.35. The largest absolute Gasteiger partial charge is 0.497 e. The van der Waals surface area contributed by atoms with Gasteiger partial charge in [-0.15, -0.1) is 0 Å². The minimum absolute atomic E-state index is 0.0908. The van der Waals surface area contributed by atoms with Crippen LogP contribution < -0.4 is 24.3 Å². The first-order valence-corrected chi connectivity index (χ1v) is 13.7. The third-order valence-electron chi connectivity index (χ3n) is 6.88. The molecule has 0 saturated heterocycles. The molecule has 216 valence electrons. The number of nitrogens with zero attached hydrogens (tertiary/aromatic N) is 4. The Morgan fingerprint density at radius 1 is 1.00 bits per heavy atom. The quantitative estimate of drug-likeness (QED) is 0.321. The molecule has 11 heteroatoms. The summed E-state index contributed by atoms with van der Waals surface area (Å²) in [5.74, 6) is 3.17. The number of anilines is 2. The number of carbonyl (C=O) groups excluding carboxylic acids is 1. The smallest absolute Gasteiger partial charge is 0.260 e. The summed E-state index contributed by atoms with van der Waals surface area (Å²) >= 11 is 0. The van der Waals surface area contributed by atoms with E-state index in [1.165, 1.54) is 6.33 Å². The summed E-state index contributed by atoms with van der Waals surface area (Å²) < 4.78 is 23.1. The number of rotatable bonds is 7. The number of amides is 1. The van der Waals surface area contributed by atoms with Crippen LogP contribution in [-0.4, -0.2) is 84.8 Å². The number of nitrogens with one attached hydrogen (secondary N) is 2. The van der Waals surface area contributed by atoms with Crippen LogP contribution in [0.25, 0.3) is 11.0 Å². The van der Waals surface area contributed by atoms with Crippen molar-refractivity contribution in [2.45, 2.75) is 19.4 Å². The number of fused-ring (bicyclic) bond motifs is 2. The van der Waals surface area contributed by atoms with Gasteiger partial charge in [0.2, 0.25) is 0 Å². The van der Waals surface area contributed by atoms with Gasteiger partial charge in [-0.2, -0.15) is 0 Å². The lowest BCUT2D eigenvalue weighted by Gasteiger charge is -2.22. The summed E-state index contributed by atoms with van der Waals surface area (Å²) in [6.45, 7) is 3.01. The molecule has 1 aliphatic rings. The number of hydrogen-bond donors (Lipinski definition) is 2. The predicted octanol–water partition coefficient (Wildman–Crippen LogP) is 4.23. The maximum atomic E-state index is 12.8. The lowest BCUT2D eigenvalue weighted by molar-refractivity contribution is -0.132. The molecule has 5 rings (SSSR count). The molecule has 41 heavy (non-hydrogen) atoms. The Morgan fingerprint density at radius 3 is 2.63 bits per heavy atom. The zero-order valence-electron chi connectivity index (χ0n) is 23.7. The van der Waals surface area contributed by atoms with Crippen LogP contribution in [0.4, 0.5) is 11.5 Å². The topological polar surface area (TPSA) is 114 Å². The minimum atomic E-state index is -0.0950. The van der Waals surface area contributed by atoms with Crippen molar-refractivity contribution >= 4 is 28.4 Å². The van der Waals surface area contributed by atoms with Gasteiger partial charge in [0.05, 0.1) is 25.7 Å². The molecule has 2 N–H and O–H groups in total. The Balaban J connectivity index is 1.32. The molecule has 3 heterocycles. The van der Waals surface area contributed by atoms with Crippen LogP contribution in [0.5, 0.6) is 23.0 Å². The standard InChI is InChI=1S/C30H36N6O5/c1-35-12-4-13-36(2)27(37)19-41-26-16-22(34-30-28-21(18-35)17-31-29(28)32-20-33-30)6-11-25(26)40-15-5-14-39-24-9-7-23(38-3)8-10-24/h6-11,16-17,20H,4-5,12-15,18-19H2,1-3H3,(H2,31,32,33,34). The van der Waals surface area contributed by atoms with Crippen LogP contribution in [0.2, 0.25) is 0 Å². The lowest BCUT2D eigenvalue weighted by Crippen LogP contribution is -2.33. The van der Waals surface area contributed by atoms with E-state index in [-0.39, 0.29) is 12.5 Å². The summed E-state index contributed by atoms with van der Waals surface area (Å²) in [7, 11) is 5.50. The highest BCUT2D eigenvalue weighted by Crippen LogP contribution is 2.34. The Bertz CT molecular complexity index is 1460. The monoisotopic (exact) mass is 560 g/mol. The van der Waals surface area contributed by atoms with Gasteiger partial charge in [0.15, 0.2) is 18.1 Å². The van der Waals surface area contributed by atoms with Crippen molar-refractivity contribution in [3.8, 4) is 23.0 Å². The number of methoxy groups -OCH3 is 1. The van der Waals surface area contributed by atoms with E-state index >= 15 is 0 Å². The summed E-state index contributed by atoms with van der Waals surface area (Å²) in [5.41, 5.74) is 2.62. The summed E-state index contributed by atoms with van der Waals surface area (Å²) in [6, 6.07) is 13.0. The summed E-state index contributed by atoms with van der Waals surface area (Å²) in [4.78, 5) is 28.9. The van der Waals surface area contributed by atoms with Crippen LogP contribution >= 0.6 is 0 Å². The van der Waals surface area contributed by atoms with Crippen molar-refractivity contribution in [2.24, 2.45) is 0 Å². The molecule has 1 aliphatic heterocycles. The molecular formula is C30H36N6O5. The molecule has 2 aromatic carbocycles. The van der Waals surface area contributed by atoms with Gasteiger partial charge in [0, 0.05) is 44.5 Å². The predicted molar refractivity (Wildman–Crippen MR) is 156 cm³/mol. The van der Waals surface area contributed by atoms with Crippen LogP contribution in [0.3, 0.4) is 0 Å². The third-order valence-corrected chi connectivity index (χ3v) is 6.88. The Labute approximate surface area is 239 Å². The molecule has 4 aromatic rings. The number of H-pyrrole nitrogens is 1. The van der Waals surface area contributed by atoms with E-state index in [1.54, 1.807) is 19.1 Å². The van der Waals surface area contributed by atoms with Crippen LogP contribution in [0.1, 0.15) is 18.4 Å². The molecule has 0 aliphatic carbocycles. The van der Waals surface area contributed by atoms with Gasteiger partial charge in [0.1, 0.15) is 29.3 Å². The van der Waals surface area contributed by atoms with E-state index in [0.29, 0.717) is 43.5 Å². The van der Waals surface area contributed by atoms with Gasteiger partial charge in [0.25, 0.3) is 5.91 Å². The van der Waals surface area contributed by atoms with Gasteiger partial charge < -0.3 is 39.0 Å². The van der Waals surface area contributed by atoms with E-state index in [0.717, 1.165) is 53.3 Å². The molecule has 2 aromatic heterocycles. The Morgan fingerprint density at radius 2 is 1.80 bits per heavy atom. The number of aromatic nitrogens is 3. The van der Waals surface area contributed by atoms with Crippen molar-refractivity contribution < 1.29 is 23.7 Å². The normalized spacial score (nSPS) is 14.8. The average molecular weight is 561 g/mol. The first-order valence-electron chi connectivity index (χ1n) is 13.7. The number of benzene rings is 2. The van der Waals surface area contributed by atoms with Gasteiger partial charge in [-0.3, -0.25) is 4.79 Å². The van der Waals surface area contributed by atoms with Crippen LogP contribution in [0.15, 0.2) is 55.0 Å². The molecule has 0 atom stereocenters. The first-order chi connectivity index (χ1) is 20.0. The van der Waals surface area contributed by atoms with Gasteiger partial charge >= 0.3 is 0 Å². The SMILES string of the molecule is COc1ccc(OCCCOc2ccc3cc2OCC(=O)N(C)CCCN(C)Cc2c[nH]c4ncnc(c24)N3)cc1. The van der Waals surface area contributed by atoms with E-state index in [9.17, 15) is 4.79 Å². The third kappa shape index (κ3) is 7.17. The van der Waals surface area contributed by atoms with E-state index < -0.39 is 0 Å². The average Bonchev–Trinajstić information content (AvgIpc) is 3.39. The fourth-order valence-corrected chi connectivity index (χ4v) is 4.63. The fraction of sp³-hybridized carbons (Fsp3) is 0.367. The zero-order chi connectivity index (χ0) is 28.6. The van der Waals surface area contributed by atoms with Gasteiger partial charge in [-0.05, 0) is 62.0 Å². The zero-order valence-corrected chi connectivity index (χ0v) is 23.7. The van der Waals surface area contributed by atoms with Crippen LogP contribution in [0, 0.1) is 0 Å². The number of carbonyl (C=O) groups is 1. The number of likely N-dealkylation sites (N-methyl/N-ethyl adjacent to an activating group) is 1. The first kappa shape index (κ1) is 28.0. The highest BCUT2D eigenvalue weighted by atomic mass is 16.5. The number of hydrogen-bond acceptors (Lipinski definition) is 9. The van der Waals surface area contributed by atoms with E-state index in [4.69, 9.17) is 18.9 Å². The maximum Gasteiger partial charge on any atom is 0.260 e. The van der Waals surface area contributed by atoms with Crippen LogP contribution in [-0.2, 0) is 11.3 Å². The molecule has 0 saturated carbocycles. The Kier molecular flexibility index (Phi) is 9.05. The number of aromatic amines is 1. The van der Waals surface area contributed by atoms with E-state index in [1.807, 2.05) is 48.7 Å². The van der Waals surface area contributed by atoms with Crippen molar-refractivity contribution in [3.05, 3.63) is 60.6 Å². The van der Waals surface area contributed by atoms with Crippen molar-refractivity contribution in [2.75, 3.05) is 59.4 Å². The second-order valence-corrected chi connectivity index (χ2v) is 9.97. The van der Waals surface area contributed by atoms with Crippen molar-refractivity contribution in [1.29, 1.82) is 0 Å². The molecular weight excluding hydrogens is 524 g/mol. The fourth-order valence-electron chi connectivity index (χ4n) is 4.63. The van der Waals surface area contributed by atoms with Gasteiger partial charge in [-0.1, -0.05) is 0 Å². The maximum absolute atomic E-state index is 12.8. The highest BCUT2D eigenvalue weighted by molar-refractivity contribution is 5.92. The Hall–Kier alpha value is -4.51. The molecule has 0 radical (unpaired) electrons. The molecule has 0 fully saturated rings.